The summed E-state index contributed by atoms with van der Waals surface area (Å²) in [6, 6.07) is 13.3. The highest BCUT2D eigenvalue weighted by atomic mass is 19.4. The third-order valence-electron chi connectivity index (χ3n) is 5.55. The molecule has 0 aliphatic heterocycles. The number of carbonyl (C=O) groups excluding carboxylic acids is 1. The maximum Gasteiger partial charge on any atom is 0.433 e. The van der Waals surface area contributed by atoms with Crippen molar-refractivity contribution >= 4 is 22.5 Å². The summed E-state index contributed by atoms with van der Waals surface area (Å²) in [5.41, 5.74) is 1.02. The molecule has 2 N–H and O–H groups in total. The third-order valence-corrected chi connectivity index (χ3v) is 5.55. The lowest BCUT2D eigenvalue weighted by Gasteiger charge is -2.30. The van der Waals surface area contributed by atoms with Crippen LogP contribution >= 0.6 is 0 Å². The van der Waals surface area contributed by atoms with Crippen LogP contribution in [0.4, 0.5) is 18.9 Å². The predicted octanol–water partition coefficient (Wildman–Crippen LogP) is 5.11. The van der Waals surface area contributed by atoms with Crippen LogP contribution in [-0.4, -0.2) is 28.0 Å². The maximum absolute atomic E-state index is 13.3. The van der Waals surface area contributed by atoms with Crippen LogP contribution in [0.25, 0.3) is 10.9 Å². The molecule has 0 unspecified atom stereocenters. The van der Waals surface area contributed by atoms with Crippen LogP contribution in [0.15, 0.2) is 48.5 Å². The number of hydrogen-bond acceptors (Lipinski definition) is 4. The zero-order valence-corrected chi connectivity index (χ0v) is 17.0. The van der Waals surface area contributed by atoms with Gasteiger partial charge in [-0.1, -0.05) is 24.3 Å². The number of rotatable bonds is 4. The number of amides is 1. The van der Waals surface area contributed by atoms with E-state index >= 15 is 0 Å². The Morgan fingerprint density at radius 2 is 1.68 bits per heavy atom. The largest absolute Gasteiger partial charge is 0.433 e. The molecule has 0 spiro atoms. The summed E-state index contributed by atoms with van der Waals surface area (Å²) in [7, 11) is 0. The molecule has 1 saturated carbocycles. The van der Waals surface area contributed by atoms with E-state index in [4.69, 9.17) is 0 Å². The fraction of sp³-hybridized carbons (Fsp3) is 0.348. The molecular weight excluding hydrogens is 405 g/mol. The van der Waals surface area contributed by atoms with Crippen molar-refractivity contribution in [1.29, 1.82) is 0 Å². The monoisotopic (exact) mass is 428 g/mol. The minimum Gasteiger partial charge on any atom is -0.382 e. The van der Waals surface area contributed by atoms with Crippen LogP contribution in [0, 0.1) is 6.92 Å². The minimum absolute atomic E-state index is 0.0211. The number of halogens is 3. The lowest BCUT2D eigenvalue weighted by molar-refractivity contribution is -0.140. The lowest BCUT2D eigenvalue weighted by atomic mass is 9.90. The van der Waals surface area contributed by atoms with Gasteiger partial charge < -0.3 is 10.6 Å². The number of benzene rings is 1. The van der Waals surface area contributed by atoms with Crippen LogP contribution in [0.2, 0.25) is 0 Å². The van der Waals surface area contributed by atoms with Gasteiger partial charge in [0.05, 0.1) is 5.52 Å². The van der Waals surface area contributed by atoms with Crippen LogP contribution in [0.5, 0.6) is 0 Å². The van der Waals surface area contributed by atoms with E-state index in [9.17, 15) is 18.0 Å². The Balaban J connectivity index is 1.42. The van der Waals surface area contributed by atoms with Crippen LogP contribution in [-0.2, 0) is 6.18 Å². The molecule has 162 valence electrons. The zero-order chi connectivity index (χ0) is 22.0. The molecule has 0 saturated heterocycles. The van der Waals surface area contributed by atoms with E-state index in [2.05, 4.69) is 20.6 Å². The number of para-hydroxylation sites is 1. The summed E-state index contributed by atoms with van der Waals surface area (Å²) in [5, 5.41) is 6.97. The van der Waals surface area contributed by atoms with E-state index in [1.165, 1.54) is 0 Å². The summed E-state index contributed by atoms with van der Waals surface area (Å²) >= 11 is 0. The van der Waals surface area contributed by atoms with E-state index in [0.717, 1.165) is 37.4 Å². The molecule has 3 aromatic rings. The second-order valence-corrected chi connectivity index (χ2v) is 7.90. The first-order chi connectivity index (χ1) is 14.8. The quantitative estimate of drug-likeness (QED) is 0.606. The first-order valence-electron chi connectivity index (χ1n) is 10.3. The van der Waals surface area contributed by atoms with Crippen molar-refractivity contribution in [3.63, 3.8) is 0 Å². The topological polar surface area (TPSA) is 66.9 Å². The van der Waals surface area contributed by atoms with Gasteiger partial charge in [-0.3, -0.25) is 4.79 Å². The molecule has 1 aromatic carbocycles. The molecule has 0 atom stereocenters. The second kappa shape index (κ2) is 8.53. The van der Waals surface area contributed by atoms with Gasteiger partial charge in [0.1, 0.15) is 11.4 Å². The molecule has 0 radical (unpaired) electrons. The summed E-state index contributed by atoms with van der Waals surface area (Å²) in [6.45, 7) is 1.83. The van der Waals surface area contributed by atoms with Gasteiger partial charge in [-0.05, 0) is 56.9 Å². The predicted molar refractivity (Wildman–Crippen MR) is 113 cm³/mol. The first-order valence-corrected chi connectivity index (χ1v) is 10.3. The van der Waals surface area contributed by atoms with Gasteiger partial charge in [-0.2, -0.15) is 13.2 Å². The number of pyridine rings is 2. The van der Waals surface area contributed by atoms with Crippen LogP contribution in [0.1, 0.15) is 47.6 Å². The molecule has 5 nitrogen and oxygen atoms in total. The molecular formula is C23H23F3N4O. The third kappa shape index (κ3) is 4.95. The summed E-state index contributed by atoms with van der Waals surface area (Å²) in [5.74, 6) is -0.199. The number of nitrogens with one attached hydrogen (secondary N) is 2. The molecule has 8 heteroatoms. The van der Waals surface area contributed by atoms with Gasteiger partial charge in [0, 0.05) is 28.9 Å². The van der Waals surface area contributed by atoms with E-state index in [1.54, 1.807) is 36.4 Å². The highest BCUT2D eigenvalue weighted by Crippen LogP contribution is 2.34. The molecule has 2 heterocycles. The van der Waals surface area contributed by atoms with Crippen molar-refractivity contribution in [3.05, 3.63) is 65.6 Å². The fourth-order valence-corrected chi connectivity index (χ4v) is 3.97. The molecule has 1 aliphatic carbocycles. The van der Waals surface area contributed by atoms with Crippen LogP contribution in [0.3, 0.4) is 0 Å². The molecule has 0 bridgehead atoms. The Morgan fingerprint density at radius 1 is 0.968 bits per heavy atom. The Labute approximate surface area is 178 Å². The fourth-order valence-electron chi connectivity index (χ4n) is 3.97. The zero-order valence-electron chi connectivity index (χ0n) is 17.0. The highest BCUT2D eigenvalue weighted by Gasteiger charge is 2.33. The van der Waals surface area contributed by atoms with Gasteiger partial charge >= 0.3 is 6.18 Å². The maximum atomic E-state index is 13.3. The van der Waals surface area contributed by atoms with Gasteiger partial charge in [-0.15, -0.1) is 0 Å². The van der Waals surface area contributed by atoms with Crippen molar-refractivity contribution in [2.24, 2.45) is 0 Å². The van der Waals surface area contributed by atoms with Crippen molar-refractivity contribution < 1.29 is 18.0 Å². The summed E-state index contributed by atoms with van der Waals surface area (Å²) in [6.07, 6.45) is -1.55. The van der Waals surface area contributed by atoms with Crippen molar-refractivity contribution in [2.75, 3.05) is 5.32 Å². The number of carbonyl (C=O) groups is 1. The number of aryl methyl sites for hydroxylation is 1. The number of anilines is 1. The minimum atomic E-state index is -4.51. The molecule has 1 fully saturated rings. The Hall–Kier alpha value is -3.16. The average Bonchev–Trinajstić information content (AvgIpc) is 2.74. The van der Waals surface area contributed by atoms with E-state index in [1.807, 2.05) is 13.0 Å². The van der Waals surface area contributed by atoms with E-state index in [-0.39, 0.29) is 18.0 Å². The normalized spacial score (nSPS) is 19.2. The summed E-state index contributed by atoms with van der Waals surface area (Å²) in [4.78, 5) is 20.4. The molecule has 4 rings (SSSR count). The number of alkyl halides is 3. The highest BCUT2D eigenvalue weighted by molar-refractivity contribution is 5.92. The number of nitrogens with zero attached hydrogens (tertiary/aromatic N) is 2. The van der Waals surface area contributed by atoms with Crippen molar-refractivity contribution in [3.8, 4) is 0 Å². The first kappa shape index (κ1) is 21.1. The van der Waals surface area contributed by atoms with Crippen LogP contribution < -0.4 is 10.6 Å². The smallest absolute Gasteiger partial charge is 0.382 e. The van der Waals surface area contributed by atoms with Gasteiger partial charge in [-0.25, -0.2) is 9.97 Å². The Kier molecular flexibility index (Phi) is 5.80. The SMILES string of the molecule is Cc1cccc(C(=O)NC2CCC(Nc3cc(C(F)(F)F)nc4ccccc34)CC2)n1. The standard InChI is InChI=1S/C23H23F3N4O/c1-14-5-4-8-19(27-14)22(31)29-16-11-9-15(10-12-16)28-20-13-21(23(24,25)26)30-18-7-3-2-6-17(18)20/h2-8,13,15-16H,9-12H2,1H3,(H,28,30)(H,29,31). The van der Waals surface area contributed by atoms with Gasteiger partial charge in [0.15, 0.2) is 0 Å². The van der Waals surface area contributed by atoms with E-state index in [0.29, 0.717) is 22.3 Å². The molecule has 1 amide bonds. The molecule has 1 aliphatic rings. The number of hydrogen-bond donors (Lipinski definition) is 2. The number of aromatic nitrogens is 2. The van der Waals surface area contributed by atoms with E-state index < -0.39 is 11.9 Å². The average molecular weight is 428 g/mol. The lowest BCUT2D eigenvalue weighted by Crippen LogP contribution is -2.40. The number of fused-ring (bicyclic) bond motifs is 1. The van der Waals surface area contributed by atoms with Gasteiger partial charge in [0.2, 0.25) is 0 Å². The van der Waals surface area contributed by atoms with Gasteiger partial charge in [0.25, 0.3) is 5.91 Å². The second-order valence-electron chi connectivity index (χ2n) is 7.90. The Morgan fingerprint density at radius 3 is 2.39 bits per heavy atom. The van der Waals surface area contributed by atoms with Crippen molar-refractivity contribution in [2.45, 2.75) is 50.9 Å². The Bertz CT molecular complexity index is 1090. The molecule has 2 aromatic heterocycles. The molecule has 31 heavy (non-hydrogen) atoms. The summed E-state index contributed by atoms with van der Waals surface area (Å²) < 4.78 is 39.8. The van der Waals surface area contributed by atoms with Crippen molar-refractivity contribution in [1.82, 2.24) is 15.3 Å².